The summed E-state index contributed by atoms with van der Waals surface area (Å²) in [5.74, 6) is 0. The molecule has 9 nitrogen and oxygen atoms in total. The van der Waals surface area contributed by atoms with Crippen molar-refractivity contribution in [2.24, 2.45) is 0 Å². The molecule has 0 fully saturated rings. The van der Waals surface area contributed by atoms with Gasteiger partial charge in [-0.15, -0.1) is 0 Å². The summed E-state index contributed by atoms with van der Waals surface area (Å²) in [6.07, 6.45) is 4.95. The van der Waals surface area contributed by atoms with Crippen molar-refractivity contribution in [3.05, 3.63) is 0 Å². The average Bonchev–Trinajstić information content (AvgIpc) is 2.45. The highest BCUT2D eigenvalue weighted by Crippen LogP contribution is 2.07. The van der Waals surface area contributed by atoms with Crippen molar-refractivity contribution in [2.75, 3.05) is 87.8 Å². The van der Waals surface area contributed by atoms with E-state index in [1.807, 2.05) is 0 Å². The molecule has 0 saturated carbocycles. The van der Waals surface area contributed by atoms with E-state index in [0.717, 1.165) is 65.0 Å². The predicted molar refractivity (Wildman–Crippen MR) is 103 cm³/mol. The van der Waals surface area contributed by atoms with E-state index in [4.69, 9.17) is 5.26 Å². The minimum atomic E-state index is -3.72. The highest BCUT2D eigenvalue weighted by molar-refractivity contribution is 7.85. The molecule has 0 spiro atoms. The average molecular weight is 484 g/mol. The summed E-state index contributed by atoms with van der Waals surface area (Å²) in [6.45, 7) is 5.50. The fraction of sp³-hybridized carbons (Fsp3) is 0.882. The first-order valence-corrected chi connectivity index (χ1v) is 10.8. The van der Waals surface area contributed by atoms with Crippen LogP contribution < -0.4 is 30.1 Å². The van der Waals surface area contributed by atoms with Crippen LogP contribution >= 0.6 is 0 Å². The van der Waals surface area contributed by atoms with Crippen LogP contribution in [0.2, 0.25) is 0 Å². The van der Waals surface area contributed by atoms with Gasteiger partial charge in [-0.2, -0.15) is 0 Å². The molecule has 12 heteroatoms. The molecular formula is C17H39Cl2N3O6S. The Morgan fingerprint density at radius 2 is 0.966 bits per heavy atom. The molecular weight excluding hydrogens is 445 g/mol. The summed E-state index contributed by atoms with van der Waals surface area (Å²) >= 11 is 0. The number of hydrogen-bond donors (Lipinski definition) is 0. The molecule has 29 heavy (non-hydrogen) atoms. The maximum Gasteiger partial charge on any atom is 0.255 e. The van der Waals surface area contributed by atoms with Crippen LogP contribution in [0, 0.1) is 0 Å². The van der Waals surface area contributed by atoms with Crippen molar-refractivity contribution < 1.29 is 65.9 Å². The highest BCUT2D eigenvalue weighted by atomic mass is 35.5. The van der Waals surface area contributed by atoms with E-state index in [9.17, 15) is 18.0 Å². The van der Waals surface area contributed by atoms with E-state index in [0.29, 0.717) is 19.3 Å². The molecule has 0 aromatic heterocycles. The molecule has 0 amide bonds. The van der Waals surface area contributed by atoms with Crippen molar-refractivity contribution in [1.82, 2.24) is 0 Å². The van der Waals surface area contributed by atoms with Gasteiger partial charge >= 0.3 is 0 Å². The third-order valence-electron chi connectivity index (χ3n) is 4.31. The Morgan fingerprint density at radius 1 is 0.724 bits per heavy atom. The van der Waals surface area contributed by atoms with Crippen LogP contribution in [0.1, 0.15) is 12.8 Å². The molecule has 0 radical (unpaired) electrons. The standard InChI is InChI=1S/C16H36N3O2.CH4O4S.2ClH/c1-17(2,9-7-11-18(3,4)13-15-20)10-8-12-19(5,6)14-16-21;1-6(3,4)5-2;;/h15-16H,7-14H2,1-6H3;2H,1H3;2*1H/q+3;;;/p-3. The van der Waals surface area contributed by atoms with Gasteiger partial charge in [0.1, 0.15) is 13.1 Å². The molecule has 0 atom stereocenters. The third-order valence-corrected chi connectivity index (χ3v) is 4.56. The van der Waals surface area contributed by atoms with E-state index in [2.05, 4.69) is 46.6 Å². The van der Waals surface area contributed by atoms with Gasteiger partial charge < -0.3 is 47.9 Å². The van der Waals surface area contributed by atoms with Crippen LogP contribution in [-0.2, 0) is 24.0 Å². The van der Waals surface area contributed by atoms with Gasteiger partial charge in [0.25, 0.3) is 10.1 Å². The molecule has 178 valence electrons. The van der Waals surface area contributed by atoms with E-state index < -0.39 is 10.1 Å². The Morgan fingerprint density at radius 3 is 1.17 bits per heavy atom. The first-order valence-electron chi connectivity index (χ1n) is 8.94. The van der Waals surface area contributed by atoms with Crippen LogP contribution in [-0.4, -0.2) is 122 Å². The molecule has 0 heterocycles. The van der Waals surface area contributed by atoms with E-state index in [1.165, 1.54) is 0 Å². The Balaban J connectivity index is -0.000000340. The van der Waals surface area contributed by atoms with Gasteiger partial charge in [0.05, 0.1) is 74.7 Å². The van der Waals surface area contributed by atoms with Crippen molar-refractivity contribution >= 4 is 22.7 Å². The molecule has 0 aromatic rings. The lowest BCUT2D eigenvalue weighted by molar-refractivity contribution is -0.913. The van der Waals surface area contributed by atoms with E-state index in [-0.39, 0.29) is 24.8 Å². The Labute approximate surface area is 189 Å². The maximum atomic E-state index is 10.6. The predicted octanol–water partition coefficient (Wildman–Crippen LogP) is -7.36. The van der Waals surface area contributed by atoms with Gasteiger partial charge in [0, 0.05) is 12.8 Å². The number of carbonyl (C=O) groups excluding carboxylic acids is 2. The Bertz CT molecular complexity index is 513. The molecule has 0 saturated heterocycles. The topological polar surface area (TPSA) is 101 Å². The van der Waals surface area contributed by atoms with Gasteiger partial charge in [-0.1, -0.05) is 0 Å². The molecule has 0 unspecified atom stereocenters. The summed E-state index contributed by atoms with van der Waals surface area (Å²) in [5, 5.41) is 8.86. The van der Waals surface area contributed by atoms with Gasteiger partial charge in [-0.25, -0.2) is 8.42 Å². The summed E-state index contributed by atoms with van der Waals surface area (Å²) in [5.41, 5.74) is 0. The van der Waals surface area contributed by atoms with E-state index in [1.54, 1.807) is 0 Å². The van der Waals surface area contributed by atoms with Crippen LogP contribution in [0.25, 0.3) is 0 Å². The fourth-order valence-electron chi connectivity index (χ4n) is 2.55. The molecule has 0 rings (SSSR count). The minimum Gasteiger partial charge on any atom is -1.00 e. The lowest BCUT2D eigenvalue weighted by Crippen LogP contribution is -3.00. The fourth-order valence-corrected chi connectivity index (χ4v) is 2.55. The van der Waals surface area contributed by atoms with E-state index >= 15 is 0 Å². The zero-order chi connectivity index (χ0) is 21.8. The number of nitrogens with zero attached hydrogens (tertiary/aromatic N) is 3. The second kappa shape index (κ2) is 16.4. The summed E-state index contributed by atoms with van der Waals surface area (Å²) in [7, 11) is 9.23. The summed E-state index contributed by atoms with van der Waals surface area (Å²) < 4.78 is 24.1. The molecule has 0 aliphatic carbocycles. The second-order valence-electron chi connectivity index (χ2n) is 8.88. The molecule has 0 N–H and O–H groups in total. The van der Waals surface area contributed by atoms with Crippen molar-refractivity contribution in [1.29, 1.82) is 0 Å². The smallest absolute Gasteiger partial charge is 0.255 e. The van der Waals surface area contributed by atoms with Crippen LogP contribution in [0.5, 0.6) is 0 Å². The number of aldehydes is 2. The number of halogens is 2. The number of quaternary nitrogens is 3. The minimum absolute atomic E-state index is 0. The molecule has 0 aliphatic rings. The second-order valence-corrected chi connectivity index (χ2v) is 10.4. The van der Waals surface area contributed by atoms with Gasteiger partial charge in [0.15, 0.2) is 12.6 Å². The Kier molecular flexibility index (Phi) is 20.4. The number of hydrogen-bond acceptors (Lipinski definition) is 6. The van der Waals surface area contributed by atoms with Gasteiger partial charge in [-0.05, 0) is 0 Å². The molecule has 0 bridgehead atoms. The zero-order valence-electron chi connectivity index (χ0n) is 18.8. The number of rotatable bonds is 13. The number of carbonyl (C=O) groups is 2. The van der Waals surface area contributed by atoms with Gasteiger partial charge in [0.2, 0.25) is 0 Å². The van der Waals surface area contributed by atoms with Crippen molar-refractivity contribution in [3.8, 4) is 0 Å². The monoisotopic (exact) mass is 483 g/mol. The molecule has 0 aromatic carbocycles. The Hall–Kier alpha value is -0.330. The highest BCUT2D eigenvalue weighted by Gasteiger charge is 2.21. The first kappa shape index (κ1) is 36.1. The maximum absolute atomic E-state index is 10.6. The van der Waals surface area contributed by atoms with Crippen molar-refractivity contribution in [2.45, 2.75) is 12.8 Å². The lowest BCUT2D eigenvalue weighted by Gasteiger charge is -2.34. The van der Waals surface area contributed by atoms with Crippen LogP contribution in [0.3, 0.4) is 0 Å². The normalized spacial score (nSPS) is 12.0. The van der Waals surface area contributed by atoms with Crippen LogP contribution in [0.15, 0.2) is 0 Å². The zero-order valence-corrected chi connectivity index (χ0v) is 21.1. The third kappa shape index (κ3) is 25.6. The van der Waals surface area contributed by atoms with Crippen molar-refractivity contribution in [3.63, 3.8) is 0 Å². The van der Waals surface area contributed by atoms with Gasteiger partial charge in [-0.3, -0.25) is 9.59 Å². The van der Waals surface area contributed by atoms with Crippen LogP contribution in [0.4, 0.5) is 0 Å². The first-order chi connectivity index (χ1) is 12.1. The SMILES string of the molecule is CS(=O)(=O)O[O-].C[N+](C)(CC=O)CCC[N+](C)(C)CCC[N+](C)(C)CC=O.[Cl-].[Cl-]. The molecule has 0 aliphatic heterocycles. The quantitative estimate of drug-likeness (QED) is 0.112. The largest absolute Gasteiger partial charge is 1.00 e. The number of likely N-dealkylation sites (N-methyl/N-ethyl adjacent to an activating group) is 2. The summed E-state index contributed by atoms with van der Waals surface area (Å²) in [4.78, 5) is 21.2. The summed E-state index contributed by atoms with van der Waals surface area (Å²) in [6, 6.07) is 0. The lowest BCUT2D eigenvalue weighted by atomic mass is 10.2.